The topological polar surface area (TPSA) is 77.5 Å². The van der Waals surface area contributed by atoms with Gasteiger partial charge in [0.1, 0.15) is 12.1 Å². The van der Waals surface area contributed by atoms with Crippen LogP contribution in [0.5, 0.6) is 0 Å². The van der Waals surface area contributed by atoms with E-state index in [-0.39, 0.29) is 5.54 Å². The van der Waals surface area contributed by atoms with Crippen LogP contribution in [0, 0.1) is 0 Å². The van der Waals surface area contributed by atoms with Gasteiger partial charge in [-0.1, -0.05) is 5.21 Å². The zero-order valence-electron chi connectivity index (χ0n) is 15.0. The number of rotatable bonds is 2. The summed E-state index contributed by atoms with van der Waals surface area (Å²) in [4.78, 5) is 11.4. The van der Waals surface area contributed by atoms with Crippen LogP contribution in [0.25, 0.3) is 11.0 Å². The molecule has 0 N–H and O–H groups in total. The van der Waals surface area contributed by atoms with Crippen molar-refractivity contribution in [1.29, 1.82) is 0 Å². The van der Waals surface area contributed by atoms with Gasteiger partial charge in [0, 0.05) is 19.3 Å². The van der Waals surface area contributed by atoms with Crippen LogP contribution >= 0.6 is 0 Å². The normalized spacial score (nSPS) is 19.3. The van der Waals surface area contributed by atoms with Crippen molar-refractivity contribution in [2.45, 2.75) is 51.6 Å². The van der Waals surface area contributed by atoms with Crippen molar-refractivity contribution >= 4 is 16.9 Å². The van der Waals surface area contributed by atoms with E-state index in [4.69, 9.17) is 0 Å². The highest BCUT2D eigenvalue weighted by molar-refractivity contribution is 5.86. The Morgan fingerprint density at radius 2 is 2.00 bits per heavy atom. The molecule has 1 atom stereocenters. The quantitative estimate of drug-likeness (QED) is 0.713. The Hall–Kier alpha value is -2.51. The summed E-state index contributed by atoms with van der Waals surface area (Å²) in [6.07, 6.45) is 10.5. The number of nitrogens with zero attached hydrogens (tertiary/aromatic N) is 8. The number of hydrogen-bond acceptors (Lipinski definition) is 6. The van der Waals surface area contributed by atoms with E-state index in [0.29, 0.717) is 6.04 Å². The minimum Gasteiger partial charge on any atom is -0.356 e. The molecule has 25 heavy (non-hydrogen) atoms. The minimum atomic E-state index is -0.107. The van der Waals surface area contributed by atoms with E-state index in [1.54, 1.807) is 12.5 Å². The van der Waals surface area contributed by atoms with E-state index in [2.05, 4.69) is 51.0 Å². The minimum absolute atomic E-state index is 0.107. The lowest BCUT2D eigenvalue weighted by molar-refractivity contribution is 0.366. The molecule has 0 saturated carbocycles. The first kappa shape index (κ1) is 16.0. The molecule has 0 aromatic carbocycles. The van der Waals surface area contributed by atoms with Gasteiger partial charge >= 0.3 is 0 Å². The van der Waals surface area contributed by atoms with Gasteiger partial charge in [0.05, 0.1) is 29.4 Å². The van der Waals surface area contributed by atoms with Crippen LogP contribution in [0.3, 0.4) is 0 Å². The highest BCUT2D eigenvalue weighted by atomic mass is 15.4. The molecule has 1 aliphatic heterocycles. The second-order valence-corrected chi connectivity index (χ2v) is 7.62. The first-order valence-corrected chi connectivity index (χ1v) is 8.84. The van der Waals surface area contributed by atoms with Gasteiger partial charge in [0.2, 0.25) is 0 Å². The van der Waals surface area contributed by atoms with Gasteiger partial charge in [0.25, 0.3) is 0 Å². The number of anilines is 1. The van der Waals surface area contributed by atoms with E-state index in [0.717, 1.165) is 49.2 Å². The summed E-state index contributed by atoms with van der Waals surface area (Å²) in [6, 6.07) is 0.405. The lowest BCUT2D eigenvalue weighted by Gasteiger charge is -2.23. The van der Waals surface area contributed by atoms with Crippen molar-refractivity contribution in [3.8, 4) is 0 Å². The zero-order chi connectivity index (χ0) is 17.4. The fourth-order valence-corrected chi connectivity index (χ4v) is 3.54. The van der Waals surface area contributed by atoms with E-state index in [9.17, 15) is 0 Å². The summed E-state index contributed by atoms with van der Waals surface area (Å²) < 4.78 is 3.96. The molecular weight excluding hydrogens is 316 g/mol. The molecule has 3 aromatic rings. The van der Waals surface area contributed by atoms with Gasteiger partial charge < -0.3 is 4.90 Å². The zero-order valence-corrected chi connectivity index (χ0v) is 15.0. The lowest BCUT2D eigenvalue weighted by atomic mass is 10.1. The summed E-state index contributed by atoms with van der Waals surface area (Å²) in [7, 11) is 0. The molecule has 132 valence electrons. The van der Waals surface area contributed by atoms with Crippen LogP contribution in [0.2, 0.25) is 0 Å². The monoisotopic (exact) mass is 340 g/mol. The molecule has 3 aromatic heterocycles. The van der Waals surface area contributed by atoms with Crippen molar-refractivity contribution in [2.24, 2.45) is 0 Å². The number of hydrogen-bond donors (Lipinski definition) is 0. The summed E-state index contributed by atoms with van der Waals surface area (Å²) in [5, 5.41) is 13.7. The molecule has 1 aliphatic rings. The van der Waals surface area contributed by atoms with E-state index in [1.165, 1.54) is 0 Å². The van der Waals surface area contributed by atoms with E-state index < -0.39 is 0 Å². The van der Waals surface area contributed by atoms with Crippen molar-refractivity contribution in [2.75, 3.05) is 18.0 Å². The van der Waals surface area contributed by atoms with Gasteiger partial charge in [-0.05, 0) is 40.0 Å². The predicted octanol–water partition coefficient (Wildman–Crippen LogP) is 2.40. The number of fused-ring (bicyclic) bond motifs is 1. The van der Waals surface area contributed by atoms with Gasteiger partial charge in [-0.15, -0.1) is 5.10 Å². The number of aromatic nitrogens is 7. The summed E-state index contributed by atoms with van der Waals surface area (Å²) in [5.74, 6) is 0.986. The molecule has 8 heteroatoms. The largest absolute Gasteiger partial charge is 0.356 e. The Balaban J connectivity index is 1.63. The van der Waals surface area contributed by atoms with Gasteiger partial charge in [-0.3, -0.25) is 0 Å². The molecular formula is C17H24N8. The third-order valence-corrected chi connectivity index (χ3v) is 4.79. The molecule has 1 saturated heterocycles. The predicted molar refractivity (Wildman–Crippen MR) is 95.4 cm³/mol. The maximum absolute atomic E-state index is 4.58. The van der Waals surface area contributed by atoms with Crippen LogP contribution in [-0.4, -0.2) is 47.8 Å². The summed E-state index contributed by atoms with van der Waals surface area (Å²) in [6.45, 7) is 8.33. The van der Waals surface area contributed by atoms with Gasteiger partial charge in [0.15, 0.2) is 5.65 Å². The Morgan fingerprint density at radius 3 is 2.76 bits per heavy atom. The molecule has 1 fully saturated rings. The smallest absolute Gasteiger partial charge is 0.163 e. The second-order valence-electron chi connectivity index (χ2n) is 7.62. The molecule has 0 aliphatic carbocycles. The molecule has 0 radical (unpaired) electrons. The molecule has 0 bridgehead atoms. The van der Waals surface area contributed by atoms with Crippen LogP contribution < -0.4 is 4.90 Å². The van der Waals surface area contributed by atoms with E-state index >= 15 is 0 Å². The summed E-state index contributed by atoms with van der Waals surface area (Å²) in [5.41, 5.74) is 0.791. The molecule has 8 nitrogen and oxygen atoms in total. The van der Waals surface area contributed by atoms with Crippen LogP contribution in [-0.2, 0) is 5.54 Å². The van der Waals surface area contributed by atoms with E-state index in [1.807, 2.05) is 21.8 Å². The second kappa shape index (κ2) is 6.09. The highest BCUT2D eigenvalue weighted by Crippen LogP contribution is 2.29. The van der Waals surface area contributed by atoms with Gasteiger partial charge in [-0.25, -0.2) is 19.3 Å². The average Bonchev–Trinajstić information content (AvgIpc) is 3.19. The average molecular weight is 340 g/mol. The van der Waals surface area contributed by atoms with Crippen molar-refractivity contribution in [3.63, 3.8) is 0 Å². The first-order valence-electron chi connectivity index (χ1n) is 8.84. The Morgan fingerprint density at radius 1 is 1.12 bits per heavy atom. The molecule has 4 rings (SSSR count). The SMILES string of the molecule is CC(C)(C)n1ncc2c(N3CCCC(n4ccnn4)CC3)ncnc21. The third kappa shape index (κ3) is 2.96. The molecule has 0 spiro atoms. The van der Waals surface area contributed by atoms with Crippen LogP contribution in [0.4, 0.5) is 5.82 Å². The van der Waals surface area contributed by atoms with Crippen LogP contribution in [0.15, 0.2) is 24.9 Å². The fourth-order valence-electron chi connectivity index (χ4n) is 3.54. The summed E-state index contributed by atoms with van der Waals surface area (Å²) >= 11 is 0. The lowest BCUT2D eigenvalue weighted by Crippen LogP contribution is -2.26. The maximum Gasteiger partial charge on any atom is 0.163 e. The Labute approximate surface area is 146 Å². The Kier molecular flexibility index (Phi) is 3.89. The third-order valence-electron chi connectivity index (χ3n) is 4.79. The first-order chi connectivity index (χ1) is 12.0. The van der Waals surface area contributed by atoms with Crippen molar-refractivity contribution < 1.29 is 0 Å². The standard InChI is InChI=1S/C17H24N8/c1-17(2,3)25-16-14(11-21-25)15(18-12-19-16)23-8-4-5-13(6-9-23)24-10-7-20-22-24/h7,10-13H,4-6,8-9H2,1-3H3. The molecule has 1 unspecified atom stereocenters. The van der Waals surface area contributed by atoms with Gasteiger partial charge in [-0.2, -0.15) is 5.10 Å². The molecule has 4 heterocycles. The van der Waals surface area contributed by atoms with Crippen molar-refractivity contribution in [3.05, 3.63) is 24.9 Å². The highest BCUT2D eigenvalue weighted by Gasteiger charge is 2.24. The molecule has 0 amide bonds. The van der Waals surface area contributed by atoms with Crippen LogP contribution in [0.1, 0.15) is 46.1 Å². The maximum atomic E-state index is 4.58. The van der Waals surface area contributed by atoms with Crippen molar-refractivity contribution in [1.82, 2.24) is 34.7 Å². The fraction of sp³-hybridized carbons (Fsp3) is 0.588. The Bertz CT molecular complexity index is 845.